The van der Waals surface area contributed by atoms with Gasteiger partial charge in [0.2, 0.25) is 0 Å². The average Bonchev–Trinajstić information content (AvgIpc) is 2.14. The predicted octanol–water partition coefficient (Wildman–Crippen LogP) is 3.48. The SMILES string of the molecule is O=C(O)/C=C(\c1ccc(Br)cc1)C(F)(F)F. The molecule has 2 nitrogen and oxygen atoms in total. The summed E-state index contributed by atoms with van der Waals surface area (Å²) in [5.74, 6) is -1.63. The summed E-state index contributed by atoms with van der Waals surface area (Å²) >= 11 is 3.08. The second-order valence-corrected chi connectivity index (χ2v) is 3.82. The molecule has 0 bridgehead atoms. The van der Waals surface area contributed by atoms with Gasteiger partial charge in [-0.1, -0.05) is 28.1 Å². The van der Waals surface area contributed by atoms with Crippen molar-refractivity contribution < 1.29 is 23.1 Å². The Balaban J connectivity index is 3.23. The topological polar surface area (TPSA) is 37.3 Å². The predicted molar refractivity (Wildman–Crippen MR) is 55.8 cm³/mol. The first kappa shape index (κ1) is 12.8. The number of carboxylic acids is 1. The Morgan fingerprint density at radius 3 is 2.12 bits per heavy atom. The Morgan fingerprint density at radius 2 is 1.75 bits per heavy atom. The third kappa shape index (κ3) is 3.37. The van der Waals surface area contributed by atoms with Crippen molar-refractivity contribution in [3.8, 4) is 0 Å². The second kappa shape index (κ2) is 4.69. The Bertz CT molecular complexity index is 421. The number of hydrogen-bond donors (Lipinski definition) is 1. The van der Waals surface area contributed by atoms with E-state index in [0.717, 1.165) is 0 Å². The summed E-state index contributed by atoms with van der Waals surface area (Å²) in [5, 5.41) is 8.38. The van der Waals surface area contributed by atoms with Gasteiger partial charge in [-0.3, -0.25) is 0 Å². The van der Waals surface area contributed by atoms with Crippen LogP contribution in [0.3, 0.4) is 0 Å². The molecule has 16 heavy (non-hydrogen) atoms. The molecular weight excluding hydrogens is 289 g/mol. The standard InChI is InChI=1S/C10H6BrF3O2/c11-7-3-1-6(2-4-7)8(5-9(15)16)10(12,13)14/h1-5H,(H,15,16)/b8-5+. The summed E-state index contributed by atoms with van der Waals surface area (Å²) in [4.78, 5) is 10.3. The third-order valence-corrected chi connectivity index (χ3v) is 2.26. The van der Waals surface area contributed by atoms with Crippen molar-refractivity contribution in [3.05, 3.63) is 40.4 Å². The van der Waals surface area contributed by atoms with Gasteiger partial charge in [0.15, 0.2) is 0 Å². The Hall–Kier alpha value is -1.30. The molecule has 0 unspecified atom stereocenters. The number of halogens is 4. The van der Waals surface area contributed by atoms with Crippen molar-refractivity contribution in [1.82, 2.24) is 0 Å². The van der Waals surface area contributed by atoms with E-state index in [2.05, 4.69) is 15.9 Å². The smallest absolute Gasteiger partial charge is 0.417 e. The second-order valence-electron chi connectivity index (χ2n) is 2.90. The summed E-state index contributed by atoms with van der Waals surface area (Å²) < 4.78 is 38.2. The molecule has 1 aromatic rings. The summed E-state index contributed by atoms with van der Waals surface area (Å²) in [5.41, 5.74) is -1.36. The van der Waals surface area contributed by atoms with Gasteiger partial charge in [-0.15, -0.1) is 0 Å². The minimum Gasteiger partial charge on any atom is -0.478 e. The van der Waals surface area contributed by atoms with E-state index >= 15 is 0 Å². The highest BCUT2D eigenvalue weighted by Crippen LogP contribution is 2.34. The van der Waals surface area contributed by atoms with Gasteiger partial charge in [-0.2, -0.15) is 13.2 Å². The number of benzene rings is 1. The number of carbonyl (C=O) groups is 1. The quantitative estimate of drug-likeness (QED) is 0.848. The molecule has 0 atom stereocenters. The van der Waals surface area contributed by atoms with Crippen LogP contribution in [0.4, 0.5) is 13.2 Å². The lowest BCUT2D eigenvalue weighted by Gasteiger charge is -2.11. The summed E-state index contributed by atoms with van der Waals surface area (Å²) in [6, 6.07) is 5.23. The fourth-order valence-corrected chi connectivity index (χ4v) is 1.35. The number of alkyl halides is 3. The summed E-state index contributed by atoms with van der Waals surface area (Å²) in [7, 11) is 0. The van der Waals surface area contributed by atoms with Crippen LogP contribution in [0.15, 0.2) is 34.8 Å². The number of rotatable bonds is 2. The minimum absolute atomic E-state index is 0.156. The first-order valence-electron chi connectivity index (χ1n) is 4.08. The first-order valence-corrected chi connectivity index (χ1v) is 4.88. The van der Waals surface area contributed by atoms with Crippen LogP contribution in [0.25, 0.3) is 5.57 Å². The van der Waals surface area contributed by atoms with Crippen molar-refractivity contribution in [2.45, 2.75) is 6.18 Å². The number of allylic oxidation sites excluding steroid dienone is 1. The molecule has 0 spiro atoms. The van der Waals surface area contributed by atoms with Crippen molar-refractivity contribution >= 4 is 27.5 Å². The summed E-state index contributed by atoms with van der Waals surface area (Å²) in [6.07, 6.45) is -4.53. The normalized spacial score (nSPS) is 12.6. The molecule has 0 saturated carbocycles. The average molecular weight is 295 g/mol. The fraction of sp³-hybridized carbons (Fsp3) is 0.100. The van der Waals surface area contributed by atoms with Crippen LogP contribution in [0.5, 0.6) is 0 Å². The van der Waals surface area contributed by atoms with Crippen LogP contribution in [0.2, 0.25) is 0 Å². The highest BCUT2D eigenvalue weighted by Gasteiger charge is 2.35. The molecule has 0 radical (unpaired) electrons. The lowest BCUT2D eigenvalue weighted by molar-refractivity contribution is -0.131. The molecule has 0 aliphatic carbocycles. The van der Waals surface area contributed by atoms with Crippen LogP contribution in [-0.2, 0) is 4.79 Å². The van der Waals surface area contributed by atoms with E-state index in [4.69, 9.17) is 5.11 Å². The molecule has 1 N–H and O–H groups in total. The fourth-order valence-electron chi connectivity index (χ4n) is 1.08. The van der Waals surface area contributed by atoms with Crippen molar-refractivity contribution in [3.63, 3.8) is 0 Å². The Morgan fingerprint density at radius 1 is 1.25 bits per heavy atom. The van der Waals surface area contributed by atoms with Crippen LogP contribution < -0.4 is 0 Å². The van der Waals surface area contributed by atoms with E-state index in [-0.39, 0.29) is 11.6 Å². The molecule has 1 rings (SSSR count). The van der Waals surface area contributed by atoms with E-state index in [1.807, 2.05) is 0 Å². The van der Waals surface area contributed by atoms with Gasteiger partial charge in [0.05, 0.1) is 5.57 Å². The molecule has 0 fully saturated rings. The zero-order chi connectivity index (χ0) is 12.3. The molecule has 6 heteroatoms. The van der Waals surface area contributed by atoms with Gasteiger partial charge in [0.25, 0.3) is 0 Å². The maximum absolute atomic E-state index is 12.5. The number of aliphatic carboxylic acids is 1. The Kier molecular flexibility index (Phi) is 3.74. The lowest BCUT2D eigenvalue weighted by Crippen LogP contribution is -2.12. The maximum Gasteiger partial charge on any atom is 0.417 e. The largest absolute Gasteiger partial charge is 0.478 e. The van der Waals surface area contributed by atoms with Gasteiger partial charge < -0.3 is 5.11 Å². The lowest BCUT2D eigenvalue weighted by atomic mass is 10.1. The van der Waals surface area contributed by atoms with Crippen LogP contribution in [0, 0.1) is 0 Å². The zero-order valence-corrected chi connectivity index (χ0v) is 9.34. The van der Waals surface area contributed by atoms with E-state index in [0.29, 0.717) is 4.47 Å². The van der Waals surface area contributed by atoms with Gasteiger partial charge in [-0.05, 0) is 17.7 Å². The van der Waals surface area contributed by atoms with Crippen molar-refractivity contribution in [2.75, 3.05) is 0 Å². The van der Waals surface area contributed by atoms with Crippen LogP contribution >= 0.6 is 15.9 Å². The van der Waals surface area contributed by atoms with E-state index in [1.54, 1.807) is 0 Å². The van der Waals surface area contributed by atoms with E-state index < -0.39 is 17.7 Å². The maximum atomic E-state index is 12.5. The molecule has 86 valence electrons. The molecule has 0 amide bonds. The third-order valence-electron chi connectivity index (χ3n) is 1.73. The van der Waals surface area contributed by atoms with E-state index in [1.165, 1.54) is 24.3 Å². The van der Waals surface area contributed by atoms with Crippen molar-refractivity contribution in [1.29, 1.82) is 0 Å². The van der Waals surface area contributed by atoms with Gasteiger partial charge in [0.1, 0.15) is 0 Å². The highest BCUT2D eigenvalue weighted by atomic mass is 79.9. The molecule has 0 aliphatic heterocycles. The van der Waals surface area contributed by atoms with Crippen LogP contribution in [0.1, 0.15) is 5.56 Å². The van der Waals surface area contributed by atoms with Gasteiger partial charge in [-0.25, -0.2) is 4.79 Å². The molecule has 1 aromatic carbocycles. The van der Waals surface area contributed by atoms with Gasteiger partial charge >= 0.3 is 12.1 Å². The van der Waals surface area contributed by atoms with Crippen LogP contribution in [-0.4, -0.2) is 17.3 Å². The van der Waals surface area contributed by atoms with Crippen molar-refractivity contribution in [2.24, 2.45) is 0 Å². The number of carboxylic acid groups (broad SMARTS) is 1. The Labute approximate surface area is 97.5 Å². The zero-order valence-electron chi connectivity index (χ0n) is 7.75. The molecular formula is C10H6BrF3O2. The molecule has 0 heterocycles. The van der Waals surface area contributed by atoms with E-state index in [9.17, 15) is 18.0 Å². The first-order chi connectivity index (χ1) is 7.30. The highest BCUT2D eigenvalue weighted by molar-refractivity contribution is 9.10. The summed E-state index contributed by atoms with van der Waals surface area (Å²) in [6.45, 7) is 0. The molecule has 0 aromatic heterocycles. The number of hydrogen-bond acceptors (Lipinski definition) is 1. The molecule has 0 aliphatic rings. The monoisotopic (exact) mass is 294 g/mol. The molecule has 0 saturated heterocycles. The minimum atomic E-state index is -4.69. The van der Waals surface area contributed by atoms with Gasteiger partial charge in [0, 0.05) is 10.5 Å².